The van der Waals surface area contributed by atoms with Gasteiger partial charge in [-0.3, -0.25) is 4.90 Å². The quantitative estimate of drug-likeness (QED) is 0.841. The number of piperidine rings is 1. The topological polar surface area (TPSA) is 28.4 Å². The highest BCUT2D eigenvalue weighted by atomic mass is 16.3. The van der Waals surface area contributed by atoms with E-state index in [1.54, 1.807) is 6.26 Å². The first-order valence-corrected chi connectivity index (χ1v) is 7.28. The second-order valence-electron chi connectivity index (χ2n) is 5.42. The van der Waals surface area contributed by atoms with Crippen molar-refractivity contribution in [2.24, 2.45) is 5.92 Å². The minimum Gasteiger partial charge on any atom is -0.472 e. The average Bonchev–Trinajstić information content (AvgIpc) is 2.92. The van der Waals surface area contributed by atoms with Gasteiger partial charge in [-0.15, -0.1) is 0 Å². The van der Waals surface area contributed by atoms with E-state index in [0.717, 1.165) is 5.92 Å². The van der Waals surface area contributed by atoms with E-state index in [4.69, 9.17) is 4.42 Å². The first-order valence-electron chi connectivity index (χ1n) is 7.28. The molecule has 0 radical (unpaired) electrons. The molecule has 0 amide bonds. The van der Waals surface area contributed by atoms with Gasteiger partial charge in [-0.1, -0.05) is 6.92 Å². The van der Waals surface area contributed by atoms with Crippen molar-refractivity contribution in [2.75, 3.05) is 26.2 Å². The monoisotopic (exact) mass is 250 g/mol. The third-order valence-electron chi connectivity index (χ3n) is 4.04. The molecule has 0 aromatic carbocycles. The Labute approximate surface area is 111 Å². The van der Waals surface area contributed by atoms with E-state index in [-0.39, 0.29) is 0 Å². The van der Waals surface area contributed by atoms with Crippen LogP contribution in [0.4, 0.5) is 0 Å². The molecule has 0 aliphatic carbocycles. The molecule has 2 rings (SSSR count). The zero-order valence-electron chi connectivity index (χ0n) is 11.7. The van der Waals surface area contributed by atoms with Crippen LogP contribution in [0.3, 0.4) is 0 Å². The number of rotatable bonds is 6. The Morgan fingerprint density at radius 3 is 2.83 bits per heavy atom. The Morgan fingerprint density at radius 2 is 2.22 bits per heavy atom. The lowest BCUT2D eigenvalue weighted by molar-refractivity contribution is 0.160. The molecule has 1 atom stereocenters. The molecule has 1 aliphatic rings. The summed E-state index contributed by atoms with van der Waals surface area (Å²) >= 11 is 0. The Hall–Kier alpha value is -0.800. The van der Waals surface area contributed by atoms with Crippen LogP contribution in [-0.2, 0) is 0 Å². The van der Waals surface area contributed by atoms with Gasteiger partial charge in [0.15, 0.2) is 0 Å². The molecule has 1 fully saturated rings. The number of furan rings is 1. The van der Waals surface area contributed by atoms with Crippen molar-refractivity contribution in [3.05, 3.63) is 24.2 Å². The van der Waals surface area contributed by atoms with Crippen molar-refractivity contribution in [2.45, 2.75) is 39.2 Å². The molecular formula is C15H26N2O. The summed E-state index contributed by atoms with van der Waals surface area (Å²) in [5.41, 5.74) is 1.30. The number of hydrogen-bond donors (Lipinski definition) is 1. The van der Waals surface area contributed by atoms with Crippen LogP contribution in [0.25, 0.3) is 0 Å². The fraction of sp³-hybridized carbons (Fsp3) is 0.733. The Kier molecular flexibility index (Phi) is 5.26. The van der Waals surface area contributed by atoms with Gasteiger partial charge in [0.2, 0.25) is 0 Å². The summed E-state index contributed by atoms with van der Waals surface area (Å²) in [6, 6.07) is 2.56. The second kappa shape index (κ2) is 6.95. The first kappa shape index (κ1) is 13.6. The maximum Gasteiger partial charge on any atom is 0.0950 e. The summed E-state index contributed by atoms with van der Waals surface area (Å²) in [6.07, 6.45) is 7.51. The highest BCUT2D eigenvalue weighted by Gasteiger charge is 2.21. The molecule has 102 valence electrons. The van der Waals surface area contributed by atoms with Gasteiger partial charge in [-0.05, 0) is 57.8 Å². The third-order valence-corrected chi connectivity index (χ3v) is 4.04. The van der Waals surface area contributed by atoms with E-state index in [0.29, 0.717) is 6.04 Å². The van der Waals surface area contributed by atoms with Crippen molar-refractivity contribution in [1.29, 1.82) is 0 Å². The molecule has 2 heterocycles. The van der Waals surface area contributed by atoms with Gasteiger partial charge in [-0.25, -0.2) is 0 Å². The third kappa shape index (κ3) is 3.59. The molecule has 1 N–H and O–H groups in total. The maximum absolute atomic E-state index is 5.22. The summed E-state index contributed by atoms with van der Waals surface area (Å²) in [6.45, 7) is 9.33. The molecule has 1 saturated heterocycles. The van der Waals surface area contributed by atoms with Gasteiger partial charge >= 0.3 is 0 Å². The van der Waals surface area contributed by atoms with Crippen molar-refractivity contribution in [3.63, 3.8) is 0 Å². The lowest BCUT2D eigenvalue weighted by Crippen LogP contribution is -2.37. The molecule has 3 nitrogen and oxygen atoms in total. The molecule has 18 heavy (non-hydrogen) atoms. The fourth-order valence-electron chi connectivity index (χ4n) is 2.85. The zero-order valence-corrected chi connectivity index (χ0v) is 11.7. The Bertz CT molecular complexity index is 317. The van der Waals surface area contributed by atoms with Crippen molar-refractivity contribution < 1.29 is 4.42 Å². The van der Waals surface area contributed by atoms with Crippen LogP contribution in [0, 0.1) is 5.92 Å². The van der Waals surface area contributed by atoms with Gasteiger partial charge in [0.1, 0.15) is 0 Å². The van der Waals surface area contributed by atoms with Gasteiger partial charge in [-0.2, -0.15) is 0 Å². The summed E-state index contributed by atoms with van der Waals surface area (Å²) in [4.78, 5) is 2.61. The molecule has 1 aliphatic heterocycles. The van der Waals surface area contributed by atoms with E-state index in [1.807, 2.05) is 6.26 Å². The zero-order chi connectivity index (χ0) is 12.8. The largest absolute Gasteiger partial charge is 0.472 e. The lowest BCUT2D eigenvalue weighted by atomic mass is 9.96. The van der Waals surface area contributed by atoms with Crippen LogP contribution in [0.2, 0.25) is 0 Å². The van der Waals surface area contributed by atoms with Crippen LogP contribution in [0.15, 0.2) is 23.0 Å². The van der Waals surface area contributed by atoms with Gasteiger partial charge in [0.25, 0.3) is 0 Å². The standard InChI is InChI=1S/C15H26N2O/c1-3-9-17(11-14-4-7-16-8-5-14)13(2)15-6-10-18-12-15/h6,10,12-14,16H,3-5,7-9,11H2,1-2H3. The van der Waals surface area contributed by atoms with E-state index >= 15 is 0 Å². The molecular weight excluding hydrogens is 224 g/mol. The molecule has 0 saturated carbocycles. The maximum atomic E-state index is 5.22. The minimum atomic E-state index is 0.471. The highest BCUT2D eigenvalue weighted by molar-refractivity contribution is 5.10. The lowest BCUT2D eigenvalue weighted by Gasteiger charge is -2.33. The van der Waals surface area contributed by atoms with E-state index < -0.39 is 0 Å². The van der Waals surface area contributed by atoms with Gasteiger partial charge in [0.05, 0.1) is 12.5 Å². The van der Waals surface area contributed by atoms with Crippen molar-refractivity contribution in [3.8, 4) is 0 Å². The predicted molar refractivity (Wildman–Crippen MR) is 74.6 cm³/mol. The van der Waals surface area contributed by atoms with Crippen molar-refractivity contribution in [1.82, 2.24) is 10.2 Å². The summed E-state index contributed by atoms with van der Waals surface area (Å²) in [5, 5.41) is 3.44. The Balaban J connectivity index is 1.93. The highest BCUT2D eigenvalue weighted by Crippen LogP contribution is 2.24. The first-order chi connectivity index (χ1) is 8.81. The Morgan fingerprint density at radius 1 is 1.44 bits per heavy atom. The number of nitrogens with zero attached hydrogens (tertiary/aromatic N) is 1. The normalized spacial score (nSPS) is 19.3. The molecule has 3 heteroatoms. The van der Waals surface area contributed by atoms with E-state index in [2.05, 4.69) is 30.1 Å². The number of nitrogens with one attached hydrogen (secondary N) is 1. The molecule has 0 bridgehead atoms. The van der Waals surface area contributed by atoms with Crippen LogP contribution >= 0.6 is 0 Å². The summed E-state index contributed by atoms with van der Waals surface area (Å²) < 4.78 is 5.22. The second-order valence-corrected chi connectivity index (χ2v) is 5.42. The smallest absolute Gasteiger partial charge is 0.0950 e. The summed E-state index contributed by atoms with van der Waals surface area (Å²) in [7, 11) is 0. The van der Waals surface area contributed by atoms with Crippen molar-refractivity contribution >= 4 is 0 Å². The minimum absolute atomic E-state index is 0.471. The van der Waals surface area contributed by atoms with Crippen LogP contribution < -0.4 is 5.32 Å². The molecule has 1 aromatic heterocycles. The van der Waals surface area contributed by atoms with Gasteiger partial charge in [0, 0.05) is 18.2 Å². The number of hydrogen-bond acceptors (Lipinski definition) is 3. The van der Waals surface area contributed by atoms with E-state index in [1.165, 1.54) is 51.0 Å². The summed E-state index contributed by atoms with van der Waals surface area (Å²) in [5.74, 6) is 0.854. The molecule has 0 spiro atoms. The SMILES string of the molecule is CCCN(CC1CCNCC1)C(C)c1ccoc1. The molecule has 1 aromatic rings. The van der Waals surface area contributed by atoms with Gasteiger partial charge < -0.3 is 9.73 Å². The average molecular weight is 250 g/mol. The van der Waals surface area contributed by atoms with Crippen LogP contribution in [-0.4, -0.2) is 31.1 Å². The predicted octanol–water partition coefficient (Wildman–Crippen LogP) is 3.05. The molecule has 1 unspecified atom stereocenters. The van der Waals surface area contributed by atoms with Crippen LogP contribution in [0.1, 0.15) is 44.7 Å². The van der Waals surface area contributed by atoms with E-state index in [9.17, 15) is 0 Å². The van der Waals surface area contributed by atoms with Crippen LogP contribution in [0.5, 0.6) is 0 Å². The fourth-order valence-corrected chi connectivity index (χ4v) is 2.85.